The molecule has 0 bridgehead atoms. The van der Waals surface area contributed by atoms with Crippen molar-refractivity contribution in [3.8, 4) is 0 Å². The van der Waals surface area contributed by atoms with E-state index >= 15 is 0 Å². The first-order valence-electron chi connectivity index (χ1n) is 6.03. The molecule has 1 aromatic carbocycles. The number of carboxylic acid groups (broad SMARTS) is 1. The highest BCUT2D eigenvalue weighted by atomic mass is 19.4. The van der Waals surface area contributed by atoms with Gasteiger partial charge in [0.05, 0.1) is 12.0 Å². The number of rotatable bonds is 6. The minimum absolute atomic E-state index is 0.0314. The van der Waals surface area contributed by atoms with Crippen LogP contribution in [0.3, 0.4) is 0 Å². The quantitative estimate of drug-likeness (QED) is 0.793. The first-order chi connectivity index (χ1) is 9.74. The second-order valence-corrected chi connectivity index (χ2v) is 4.36. The molecule has 0 heterocycles. The number of alkyl halides is 3. The summed E-state index contributed by atoms with van der Waals surface area (Å²) in [6, 6.07) is 3.20. The molecule has 0 fully saturated rings. The van der Waals surface area contributed by atoms with Gasteiger partial charge in [-0.15, -0.1) is 6.58 Å². The van der Waals surface area contributed by atoms with Gasteiger partial charge in [0.15, 0.2) is 0 Å². The molecule has 0 radical (unpaired) electrons. The number of amides is 1. The van der Waals surface area contributed by atoms with E-state index < -0.39 is 29.7 Å². The standard InChI is InChI=1S/C14H14F3NO3/c1-2-4-11(13(20)21)18-12(19)8-9-5-3-6-10(7-9)14(15,16)17/h2-3,5-7,11H,1,4,8H2,(H,18,19)(H,20,21)/t11-/m0/s1. The van der Waals surface area contributed by atoms with Crippen molar-refractivity contribution in [3.05, 3.63) is 48.0 Å². The van der Waals surface area contributed by atoms with E-state index in [1.807, 2.05) is 0 Å². The van der Waals surface area contributed by atoms with Crippen LogP contribution in [0, 0.1) is 0 Å². The van der Waals surface area contributed by atoms with Crippen molar-refractivity contribution in [2.24, 2.45) is 0 Å². The van der Waals surface area contributed by atoms with Crippen molar-refractivity contribution >= 4 is 11.9 Å². The number of carbonyl (C=O) groups is 2. The Morgan fingerprint density at radius 1 is 1.38 bits per heavy atom. The fourth-order valence-corrected chi connectivity index (χ4v) is 1.68. The van der Waals surface area contributed by atoms with Crippen LogP contribution in [0.2, 0.25) is 0 Å². The zero-order valence-corrected chi connectivity index (χ0v) is 11.0. The van der Waals surface area contributed by atoms with Crippen molar-refractivity contribution in [3.63, 3.8) is 0 Å². The lowest BCUT2D eigenvalue weighted by atomic mass is 10.1. The van der Waals surface area contributed by atoms with E-state index in [1.54, 1.807) is 0 Å². The summed E-state index contributed by atoms with van der Waals surface area (Å²) >= 11 is 0. The Bertz CT molecular complexity index is 541. The smallest absolute Gasteiger partial charge is 0.416 e. The van der Waals surface area contributed by atoms with E-state index in [9.17, 15) is 22.8 Å². The minimum atomic E-state index is -4.49. The molecule has 114 valence electrons. The van der Waals surface area contributed by atoms with Crippen LogP contribution in [-0.2, 0) is 22.2 Å². The number of carboxylic acids is 1. The van der Waals surface area contributed by atoms with Crippen LogP contribution in [0.1, 0.15) is 17.5 Å². The van der Waals surface area contributed by atoms with Gasteiger partial charge in [-0.1, -0.05) is 24.3 Å². The maximum atomic E-state index is 12.5. The number of benzene rings is 1. The molecule has 2 N–H and O–H groups in total. The molecule has 0 aliphatic rings. The number of nitrogens with one attached hydrogen (secondary N) is 1. The van der Waals surface area contributed by atoms with Gasteiger partial charge in [-0.2, -0.15) is 13.2 Å². The number of aliphatic carboxylic acids is 1. The van der Waals surface area contributed by atoms with E-state index in [-0.39, 0.29) is 18.4 Å². The van der Waals surface area contributed by atoms with Gasteiger partial charge in [0.2, 0.25) is 5.91 Å². The van der Waals surface area contributed by atoms with Crippen LogP contribution in [-0.4, -0.2) is 23.0 Å². The average Bonchev–Trinajstić information content (AvgIpc) is 2.37. The molecule has 7 heteroatoms. The fourth-order valence-electron chi connectivity index (χ4n) is 1.68. The van der Waals surface area contributed by atoms with Gasteiger partial charge in [0, 0.05) is 0 Å². The van der Waals surface area contributed by atoms with Crippen LogP contribution in [0.15, 0.2) is 36.9 Å². The Balaban J connectivity index is 2.75. The predicted octanol–water partition coefficient (Wildman–Crippen LogP) is 2.39. The highest BCUT2D eigenvalue weighted by molar-refractivity contribution is 5.84. The van der Waals surface area contributed by atoms with E-state index in [4.69, 9.17) is 5.11 Å². The van der Waals surface area contributed by atoms with Gasteiger partial charge >= 0.3 is 12.1 Å². The van der Waals surface area contributed by atoms with Crippen LogP contribution in [0.5, 0.6) is 0 Å². The summed E-state index contributed by atoms with van der Waals surface area (Å²) in [5.74, 6) is -1.89. The van der Waals surface area contributed by atoms with Crippen molar-refractivity contribution < 1.29 is 27.9 Å². The molecule has 0 unspecified atom stereocenters. The summed E-state index contributed by atoms with van der Waals surface area (Å²) in [6.07, 6.45) is -3.45. The molecular weight excluding hydrogens is 287 g/mol. The number of halogens is 3. The fraction of sp³-hybridized carbons (Fsp3) is 0.286. The van der Waals surface area contributed by atoms with Gasteiger partial charge in [-0.3, -0.25) is 4.79 Å². The molecule has 0 aliphatic heterocycles. The SMILES string of the molecule is C=CC[C@H](NC(=O)Cc1cccc(C(F)(F)F)c1)C(=O)O. The second-order valence-electron chi connectivity index (χ2n) is 4.36. The van der Waals surface area contributed by atoms with Crippen molar-refractivity contribution in [1.29, 1.82) is 0 Å². The topological polar surface area (TPSA) is 66.4 Å². The molecule has 0 spiro atoms. The Labute approximate surface area is 119 Å². The zero-order chi connectivity index (χ0) is 16.0. The largest absolute Gasteiger partial charge is 0.480 e. The number of carbonyl (C=O) groups excluding carboxylic acids is 1. The van der Waals surface area contributed by atoms with Crippen LogP contribution in [0.4, 0.5) is 13.2 Å². The van der Waals surface area contributed by atoms with Crippen LogP contribution in [0.25, 0.3) is 0 Å². The van der Waals surface area contributed by atoms with E-state index in [0.717, 1.165) is 12.1 Å². The third-order valence-electron chi connectivity index (χ3n) is 2.65. The maximum Gasteiger partial charge on any atom is 0.416 e. The Morgan fingerprint density at radius 3 is 2.57 bits per heavy atom. The third-order valence-corrected chi connectivity index (χ3v) is 2.65. The number of hydrogen-bond acceptors (Lipinski definition) is 2. The van der Waals surface area contributed by atoms with Crippen molar-refractivity contribution in [1.82, 2.24) is 5.32 Å². The summed E-state index contributed by atoms with van der Waals surface area (Å²) < 4.78 is 37.6. The molecule has 21 heavy (non-hydrogen) atoms. The lowest BCUT2D eigenvalue weighted by Crippen LogP contribution is -2.41. The summed E-state index contributed by atoms with van der Waals surface area (Å²) in [5.41, 5.74) is -0.696. The van der Waals surface area contributed by atoms with Gasteiger partial charge < -0.3 is 10.4 Å². The molecular formula is C14H14F3NO3. The Morgan fingerprint density at radius 2 is 2.05 bits per heavy atom. The molecule has 0 aliphatic carbocycles. The van der Waals surface area contributed by atoms with E-state index in [2.05, 4.69) is 11.9 Å². The highest BCUT2D eigenvalue weighted by Crippen LogP contribution is 2.29. The second kappa shape index (κ2) is 6.92. The minimum Gasteiger partial charge on any atom is -0.480 e. The Hall–Kier alpha value is -2.31. The van der Waals surface area contributed by atoms with E-state index in [0.29, 0.717) is 0 Å². The van der Waals surface area contributed by atoms with Crippen molar-refractivity contribution in [2.75, 3.05) is 0 Å². The Kier molecular flexibility index (Phi) is 5.52. The first kappa shape index (κ1) is 16.7. The molecule has 0 saturated carbocycles. The monoisotopic (exact) mass is 301 g/mol. The maximum absolute atomic E-state index is 12.5. The summed E-state index contributed by atoms with van der Waals surface area (Å²) in [7, 11) is 0. The predicted molar refractivity (Wildman–Crippen MR) is 69.5 cm³/mol. The third kappa shape index (κ3) is 5.29. The van der Waals surface area contributed by atoms with E-state index in [1.165, 1.54) is 18.2 Å². The van der Waals surface area contributed by atoms with Gasteiger partial charge in [-0.25, -0.2) is 4.79 Å². The van der Waals surface area contributed by atoms with Crippen molar-refractivity contribution in [2.45, 2.75) is 25.1 Å². The van der Waals surface area contributed by atoms with Crippen LogP contribution >= 0.6 is 0 Å². The lowest BCUT2D eigenvalue weighted by molar-refractivity contribution is -0.141. The molecule has 1 amide bonds. The summed E-state index contributed by atoms with van der Waals surface area (Å²) in [4.78, 5) is 22.5. The normalized spacial score (nSPS) is 12.5. The number of hydrogen-bond donors (Lipinski definition) is 2. The molecule has 0 aromatic heterocycles. The van der Waals surface area contributed by atoms with Gasteiger partial charge in [-0.05, 0) is 18.1 Å². The molecule has 1 atom stereocenters. The summed E-state index contributed by atoms with van der Waals surface area (Å²) in [6.45, 7) is 3.37. The van der Waals surface area contributed by atoms with Gasteiger partial charge in [0.25, 0.3) is 0 Å². The molecule has 4 nitrogen and oxygen atoms in total. The molecule has 1 aromatic rings. The average molecular weight is 301 g/mol. The summed E-state index contributed by atoms with van der Waals surface area (Å²) in [5, 5.41) is 11.1. The lowest BCUT2D eigenvalue weighted by Gasteiger charge is -2.13. The van der Waals surface area contributed by atoms with Crippen LogP contribution < -0.4 is 5.32 Å². The van der Waals surface area contributed by atoms with Gasteiger partial charge in [0.1, 0.15) is 6.04 Å². The molecule has 0 saturated heterocycles. The zero-order valence-electron chi connectivity index (χ0n) is 11.0. The first-order valence-corrected chi connectivity index (χ1v) is 6.03. The molecule has 1 rings (SSSR count). The highest BCUT2D eigenvalue weighted by Gasteiger charge is 2.30.